The summed E-state index contributed by atoms with van der Waals surface area (Å²) in [5.74, 6) is 0. The summed E-state index contributed by atoms with van der Waals surface area (Å²) in [4.78, 5) is 6.57. The molecule has 0 radical (unpaired) electrons. The molecule has 3 heteroatoms. The van der Waals surface area contributed by atoms with Gasteiger partial charge < -0.3 is 10.2 Å². The van der Waals surface area contributed by atoms with E-state index in [2.05, 4.69) is 41.3 Å². The number of piperidine rings is 1. The normalized spacial score (nSPS) is 22.9. The second kappa shape index (κ2) is 6.86. The molecule has 100 valence electrons. The monoisotopic (exact) mass is 247 g/mol. The lowest BCUT2D eigenvalue weighted by atomic mass is 10.00. The number of hydrogen-bond donors (Lipinski definition) is 1. The molecule has 0 spiro atoms. The van der Waals surface area contributed by atoms with Gasteiger partial charge in [-0.1, -0.05) is 6.42 Å². The standard InChI is InChI=1S/C15H25N3/c1-13(14-6-9-16-10-7-14)17-11-8-15-5-3-4-12-18(15)2/h6-7,9-10,13,15,17H,3-5,8,11-12H2,1-2H3. The third-order valence-corrected chi connectivity index (χ3v) is 4.06. The molecule has 1 aliphatic rings. The fourth-order valence-electron chi connectivity index (χ4n) is 2.75. The maximum Gasteiger partial charge on any atom is 0.0292 e. The van der Waals surface area contributed by atoms with Crippen LogP contribution in [-0.2, 0) is 0 Å². The topological polar surface area (TPSA) is 28.2 Å². The van der Waals surface area contributed by atoms with E-state index in [1.54, 1.807) is 0 Å². The molecule has 1 aromatic heterocycles. The van der Waals surface area contributed by atoms with Gasteiger partial charge in [-0.25, -0.2) is 0 Å². The Morgan fingerprint density at radius 2 is 2.17 bits per heavy atom. The third-order valence-electron chi connectivity index (χ3n) is 4.06. The predicted molar refractivity (Wildman–Crippen MR) is 75.5 cm³/mol. The number of likely N-dealkylation sites (tertiary alicyclic amines) is 1. The minimum absolute atomic E-state index is 0.418. The number of nitrogens with zero attached hydrogens (tertiary/aromatic N) is 2. The lowest BCUT2D eigenvalue weighted by Gasteiger charge is -2.32. The summed E-state index contributed by atoms with van der Waals surface area (Å²) in [6.45, 7) is 4.59. The maximum atomic E-state index is 4.06. The van der Waals surface area contributed by atoms with Gasteiger partial charge in [-0.15, -0.1) is 0 Å². The van der Waals surface area contributed by atoms with Gasteiger partial charge in [0.2, 0.25) is 0 Å². The van der Waals surface area contributed by atoms with Gasteiger partial charge >= 0.3 is 0 Å². The van der Waals surface area contributed by atoms with Crippen molar-refractivity contribution >= 4 is 0 Å². The van der Waals surface area contributed by atoms with Crippen molar-refractivity contribution < 1.29 is 0 Å². The van der Waals surface area contributed by atoms with Crippen molar-refractivity contribution in [1.29, 1.82) is 0 Å². The molecule has 2 unspecified atom stereocenters. The van der Waals surface area contributed by atoms with Crippen LogP contribution in [0.3, 0.4) is 0 Å². The lowest BCUT2D eigenvalue weighted by Crippen LogP contribution is -2.38. The summed E-state index contributed by atoms with van der Waals surface area (Å²) in [7, 11) is 2.26. The molecule has 0 aliphatic carbocycles. The zero-order chi connectivity index (χ0) is 12.8. The molecule has 2 rings (SSSR count). The van der Waals surface area contributed by atoms with Crippen LogP contribution in [0.2, 0.25) is 0 Å². The van der Waals surface area contributed by atoms with Crippen molar-refractivity contribution in [2.24, 2.45) is 0 Å². The summed E-state index contributed by atoms with van der Waals surface area (Å²) in [6, 6.07) is 5.37. The van der Waals surface area contributed by atoms with E-state index in [-0.39, 0.29) is 0 Å². The predicted octanol–water partition coefficient (Wildman–Crippen LogP) is 2.61. The minimum Gasteiger partial charge on any atom is -0.310 e. The van der Waals surface area contributed by atoms with Gasteiger partial charge in [0.1, 0.15) is 0 Å². The van der Waals surface area contributed by atoms with Crippen LogP contribution in [0.1, 0.15) is 44.2 Å². The number of nitrogens with one attached hydrogen (secondary N) is 1. The highest BCUT2D eigenvalue weighted by atomic mass is 15.1. The van der Waals surface area contributed by atoms with Gasteiger partial charge in [-0.2, -0.15) is 0 Å². The molecule has 0 bridgehead atoms. The Hall–Kier alpha value is -0.930. The Kier molecular flexibility index (Phi) is 5.14. The molecule has 1 saturated heterocycles. The van der Waals surface area contributed by atoms with Crippen molar-refractivity contribution in [3.63, 3.8) is 0 Å². The molecule has 0 saturated carbocycles. The third kappa shape index (κ3) is 3.79. The quantitative estimate of drug-likeness (QED) is 0.867. The van der Waals surface area contributed by atoms with Crippen molar-refractivity contribution in [3.05, 3.63) is 30.1 Å². The van der Waals surface area contributed by atoms with Crippen LogP contribution in [0.15, 0.2) is 24.5 Å². The molecule has 1 aliphatic heterocycles. The first-order valence-corrected chi connectivity index (χ1v) is 7.11. The van der Waals surface area contributed by atoms with E-state index >= 15 is 0 Å². The molecular formula is C15H25N3. The summed E-state index contributed by atoms with van der Waals surface area (Å²) in [5.41, 5.74) is 1.32. The second-order valence-corrected chi connectivity index (χ2v) is 5.38. The zero-order valence-corrected chi connectivity index (χ0v) is 11.6. The van der Waals surface area contributed by atoms with Crippen molar-refractivity contribution in [3.8, 4) is 0 Å². The van der Waals surface area contributed by atoms with E-state index in [0.29, 0.717) is 6.04 Å². The van der Waals surface area contributed by atoms with Crippen LogP contribution in [-0.4, -0.2) is 36.1 Å². The average molecular weight is 247 g/mol. The van der Waals surface area contributed by atoms with Gasteiger partial charge in [-0.05, 0) is 64.0 Å². The molecule has 18 heavy (non-hydrogen) atoms. The molecule has 1 fully saturated rings. The van der Waals surface area contributed by atoms with Crippen LogP contribution in [0.25, 0.3) is 0 Å². The highest BCUT2D eigenvalue weighted by molar-refractivity contribution is 5.13. The summed E-state index contributed by atoms with van der Waals surface area (Å²) >= 11 is 0. The molecular weight excluding hydrogens is 222 g/mol. The van der Waals surface area contributed by atoms with E-state index in [1.165, 1.54) is 37.8 Å². The summed E-state index contributed by atoms with van der Waals surface area (Å²) in [5, 5.41) is 3.61. The number of aromatic nitrogens is 1. The van der Waals surface area contributed by atoms with Gasteiger partial charge in [0.25, 0.3) is 0 Å². The van der Waals surface area contributed by atoms with Crippen LogP contribution in [0, 0.1) is 0 Å². The first-order chi connectivity index (χ1) is 8.77. The Bertz CT molecular complexity index is 339. The van der Waals surface area contributed by atoms with Crippen LogP contribution >= 0.6 is 0 Å². The van der Waals surface area contributed by atoms with E-state index in [9.17, 15) is 0 Å². The largest absolute Gasteiger partial charge is 0.310 e. The molecule has 0 amide bonds. The van der Waals surface area contributed by atoms with Gasteiger partial charge in [0.15, 0.2) is 0 Å². The highest BCUT2D eigenvalue weighted by Crippen LogP contribution is 2.18. The average Bonchev–Trinajstić information content (AvgIpc) is 2.42. The Morgan fingerprint density at radius 1 is 1.39 bits per heavy atom. The zero-order valence-electron chi connectivity index (χ0n) is 11.6. The highest BCUT2D eigenvalue weighted by Gasteiger charge is 2.18. The van der Waals surface area contributed by atoms with Crippen LogP contribution in [0.5, 0.6) is 0 Å². The lowest BCUT2D eigenvalue weighted by molar-refractivity contribution is 0.174. The number of rotatable bonds is 5. The number of hydrogen-bond acceptors (Lipinski definition) is 3. The van der Waals surface area contributed by atoms with Crippen molar-refractivity contribution in [1.82, 2.24) is 15.2 Å². The van der Waals surface area contributed by atoms with E-state index in [1.807, 2.05) is 12.4 Å². The Balaban J connectivity index is 1.71. The molecule has 3 nitrogen and oxygen atoms in total. The molecule has 1 N–H and O–H groups in total. The van der Waals surface area contributed by atoms with Gasteiger partial charge in [-0.3, -0.25) is 4.98 Å². The Labute approximate surface area is 111 Å². The smallest absolute Gasteiger partial charge is 0.0292 e. The Morgan fingerprint density at radius 3 is 2.89 bits per heavy atom. The molecule has 2 heterocycles. The van der Waals surface area contributed by atoms with E-state index in [0.717, 1.165) is 12.6 Å². The van der Waals surface area contributed by atoms with E-state index in [4.69, 9.17) is 0 Å². The van der Waals surface area contributed by atoms with Gasteiger partial charge in [0, 0.05) is 24.5 Å². The fourth-order valence-corrected chi connectivity index (χ4v) is 2.75. The maximum absolute atomic E-state index is 4.06. The van der Waals surface area contributed by atoms with Crippen molar-refractivity contribution in [2.75, 3.05) is 20.1 Å². The summed E-state index contributed by atoms with van der Waals surface area (Å²) in [6.07, 6.45) is 9.11. The summed E-state index contributed by atoms with van der Waals surface area (Å²) < 4.78 is 0. The van der Waals surface area contributed by atoms with Gasteiger partial charge in [0.05, 0.1) is 0 Å². The van der Waals surface area contributed by atoms with Crippen molar-refractivity contribution in [2.45, 2.75) is 44.7 Å². The molecule has 2 atom stereocenters. The minimum atomic E-state index is 0.418. The molecule has 1 aromatic rings. The first-order valence-electron chi connectivity index (χ1n) is 7.11. The number of pyridine rings is 1. The first kappa shape index (κ1) is 13.5. The van der Waals surface area contributed by atoms with Crippen LogP contribution < -0.4 is 5.32 Å². The fraction of sp³-hybridized carbons (Fsp3) is 0.667. The second-order valence-electron chi connectivity index (χ2n) is 5.38. The molecule has 0 aromatic carbocycles. The SMILES string of the molecule is CC(NCCC1CCCCN1C)c1ccncc1. The van der Waals surface area contributed by atoms with Crippen LogP contribution in [0.4, 0.5) is 0 Å². The van der Waals surface area contributed by atoms with E-state index < -0.39 is 0 Å².